The van der Waals surface area contributed by atoms with E-state index in [1.165, 1.54) is 0 Å². The van der Waals surface area contributed by atoms with E-state index in [4.69, 9.17) is 5.11 Å². The largest absolute Gasteiger partial charge is 0.394 e. The van der Waals surface area contributed by atoms with Crippen LogP contribution < -0.4 is 0 Å². The highest BCUT2D eigenvalue weighted by atomic mass is 16.3. The second kappa shape index (κ2) is 6.37. The van der Waals surface area contributed by atoms with Crippen LogP contribution >= 0.6 is 0 Å². The number of likely N-dealkylation sites (tertiary alicyclic amines) is 1. The summed E-state index contributed by atoms with van der Waals surface area (Å²) in [6, 6.07) is 5.34. The molecule has 0 bridgehead atoms. The van der Waals surface area contributed by atoms with Gasteiger partial charge < -0.3 is 15.1 Å². The first kappa shape index (κ1) is 14.9. The van der Waals surface area contributed by atoms with Gasteiger partial charge in [0.1, 0.15) is 0 Å². The Labute approximate surface area is 128 Å². The Kier molecular flexibility index (Phi) is 4.31. The van der Waals surface area contributed by atoms with Crippen molar-refractivity contribution in [2.75, 3.05) is 19.7 Å². The zero-order valence-corrected chi connectivity index (χ0v) is 12.2. The van der Waals surface area contributed by atoms with Crippen LogP contribution in [0.2, 0.25) is 0 Å². The van der Waals surface area contributed by atoms with Crippen LogP contribution in [0, 0.1) is 5.92 Å². The molecule has 6 nitrogen and oxygen atoms in total. The SMILES string of the molecule is O=C(c1ccc2nccnc2c1)N1CCC(C(O)CO)CC1. The number of aliphatic hydroxyl groups is 2. The number of piperidine rings is 1. The number of benzene rings is 1. The summed E-state index contributed by atoms with van der Waals surface area (Å²) in [5.41, 5.74) is 2.08. The molecular weight excluding hydrogens is 282 g/mol. The van der Waals surface area contributed by atoms with E-state index in [9.17, 15) is 9.90 Å². The van der Waals surface area contributed by atoms with Gasteiger partial charge in [-0.2, -0.15) is 0 Å². The van der Waals surface area contributed by atoms with Crippen molar-refractivity contribution in [3.63, 3.8) is 0 Å². The van der Waals surface area contributed by atoms with Gasteiger partial charge in [-0.15, -0.1) is 0 Å². The van der Waals surface area contributed by atoms with Crippen LogP contribution in [-0.4, -0.2) is 56.8 Å². The molecule has 1 amide bonds. The summed E-state index contributed by atoms with van der Waals surface area (Å²) in [5.74, 6) is 0.0426. The molecule has 1 aliphatic heterocycles. The highest BCUT2D eigenvalue weighted by Crippen LogP contribution is 2.22. The van der Waals surface area contributed by atoms with Crippen LogP contribution in [-0.2, 0) is 0 Å². The third-order valence-electron chi connectivity index (χ3n) is 4.27. The first-order chi connectivity index (χ1) is 10.7. The van der Waals surface area contributed by atoms with Gasteiger partial charge in [0, 0.05) is 31.0 Å². The number of nitrogens with zero attached hydrogens (tertiary/aromatic N) is 3. The summed E-state index contributed by atoms with van der Waals surface area (Å²) in [4.78, 5) is 22.8. The molecule has 1 unspecified atom stereocenters. The molecule has 1 atom stereocenters. The molecule has 2 heterocycles. The normalized spacial score (nSPS) is 17.6. The minimum Gasteiger partial charge on any atom is -0.394 e. The zero-order valence-electron chi connectivity index (χ0n) is 12.2. The number of hydrogen-bond acceptors (Lipinski definition) is 5. The third kappa shape index (κ3) is 2.93. The van der Waals surface area contributed by atoms with Gasteiger partial charge in [-0.1, -0.05) is 0 Å². The lowest BCUT2D eigenvalue weighted by Gasteiger charge is -2.33. The number of aromatic nitrogens is 2. The van der Waals surface area contributed by atoms with Crippen molar-refractivity contribution in [1.29, 1.82) is 0 Å². The third-order valence-corrected chi connectivity index (χ3v) is 4.27. The van der Waals surface area contributed by atoms with Crippen LogP contribution in [0.3, 0.4) is 0 Å². The summed E-state index contributed by atoms with van der Waals surface area (Å²) in [6.45, 7) is 0.972. The summed E-state index contributed by atoms with van der Waals surface area (Å²) in [7, 11) is 0. The topological polar surface area (TPSA) is 86.6 Å². The predicted octanol–water partition coefficient (Wildman–Crippen LogP) is 0.835. The summed E-state index contributed by atoms with van der Waals surface area (Å²) >= 11 is 0. The van der Waals surface area contributed by atoms with E-state index in [2.05, 4.69) is 9.97 Å². The smallest absolute Gasteiger partial charge is 0.253 e. The van der Waals surface area contributed by atoms with Gasteiger partial charge in [0.15, 0.2) is 0 Å². The lowest BCUT2D eigenvalue weighted by molar-refractivity contribution is 0.0179. The molecule has 1 fully saturated rings. The van der Waals surface area contributed by atoms with Crippen LogP contribution in [0.1, 0.15) is 23.2 Å². The van der Waals surface area contributed by atoms with Gasteiger partial charge in [-0.25, -0.2) is 0 Å². The Balaban J connectivity index is 1.71. The number of amides is 1. The van der Waals surface area contributed by atoms with Crippen molar-refractivity contribution in [2.24, 2.45) is 5.92 Å². The van der Waals surface area contributed by atoms with Crippen LogP contribution in [0.15, 0.2) is 30.6 Å². The molecule has 3 rings (SSSR count). The van der Waals surface area contributed by atoms with Crippen LogP contribution in [0.5, 0.6) is 0 Å². The molecule has 0 spiro atoms. The first-order valence-electron chi connectivity index (χ1n) is 7.48. The second-order valence-corrected chi connectivity index (χ2v) is 5.64. The van der Waals surface area contributed by atoms with Gasteiger partial charge in [0.25, 0.3) is 5.91 Å². The number of carbonyl (C=O) groups excluding carboxylic acids is 1. The van der Waals surface area contributed by atoms with Crippen molar-refractivity contribution in [1.82, 2.24) is 14.9 Å². The quantitative estimate of drug-likeness (QED) is 0.877. The number of carbonyl (C=O) groups is 1. The van der Waals surface area contributed by atoms with Crippen molar-refractivity contribution in [2.45, 2.75) is 18.9 Å². The lowest BCUT2D eigenvalue weighted by atomic mass is 9.91. The van der Waals surface area contributed by atoms with E-state index in [0.29, 0.717) is 37.0 Å². The molecule has 1 aromatic carbocycles. The van der Waals surface area contributed by atoms with E-state index in [0.717, 1.165) is 5.52 Å². The van der Waals surface area contributed by atoms with Gasteiger partial charge in [0.05, 0.1) is 23.7 Å². The summed E-state index contributed by atoms with van der Waals surface area (Å²) < 4.78 is 0. The molecule has 6 heteroatoms. The highest BCUT2D eigenvalue weighted by molar-refractivity contribution is 5.97. The highest BCUT2D eigenvalue weighted by Gasteiger charge is 2.27. The fourth-order valence-electron chi connectivity index (χ4n) is 2.92. The maximum Gasteiger partial charge on any atom is 0.253 e. The van der Waals surface area contributed by atoms with Crippen molar-refractivity contribution >= 4 is 16.9 Å². The molecule has 1 saturated heterocycles. The number of aliphatic hydroxyl groups excluding tert-OH is 2. The van der Waals surface area contributed by atoms with E-state index in [1.807, 2.05) is 0 Å². The second-order valence-electron chi connectivity index (χ2n) is 5.64. The van der Waals surface area contributed by atoms with Crippen molar-refractivity contribution in [3.8, 4) is 0 Å². The molecular formula is C16H19N3O3. The molecule has 2 aromatic rings. The van der Waals surface area contributed by atoms with Crippen LogP contribution in [0.25, 0.3) is 11.0 Å². The monoisotopic (exact) mass is 301 g/mol. The zero-order chi connectivity index (χ0) is 15.5. The predicted molar refractivity (Wildman–Crippen MR) is 81.3 cm³/mol. The maximum absolute atomic E-state index is 12.6. The van der Waals surface area contributed by atoms with E-state index in [1.54, 1.807) is 35.5 Å². The Bertz CT molecular complexity index is 668. The minimum atomic E-state index is -0.687. The average Bonchev–Trinajstić information content (AvgIpc) is 2.60. The maximum atomic E-state index is 12.6. The Hall–Kier alpha value is -2.05. The van der Waals surface area contributed by atoms with Crippen molar-refractivity contribution < 1.29 is 15.0 Å². The van der Waals surface area contributed by atoms with E-state index in [-0.39, 0.29) is 18.4 Å². The van der Waals surface area contributed by atoms with Gasteiger partial charge in [-0.3, -0.25) is 14.8 Å². The fourth-order valence-corrected chi connectivity index (χ4v) is 2.92. The lowest BCUT2D eigenvalue weighted by Crippen LogP contribution is -2.42. The molecule has 2 N–H and O–H groups in total. The molecule has 116 valence electrons. The number of rotatable bonds is 3. The van der Waals surface area contributed by atoms with Gasteiger partial charge in [0.2, 0.25) is 0 Å². The Morgan fingerprint density at radius 1 is 1.23 bits per heavy atom. The average molecular weight is 301 g/mol. The number of fused-ring (bicyclic) bond motifs is 1. The first-order valence-corrected chi connectivity index (χ1v) is 7.48. The van der Waals surface area contributed by atoms with E-state index < -0.39 is 6.10 Å². The molecule has 1 aliphatic rings. The van der Waals surface area contributed by atoms with Crippen LogP contribution in [0.4, 0.5) is 0 Å². The van der Waals surface area contributed by atoms with Crippen molar-refractivity contribution in [3.05, 3.63) is 36.2 Å². The summed E-state index contributed by atoms with van der Waals surface area (Å²) in [6.07, 6.45) is 3.97. The summed E-state index contributed by atoms with van der Waals surface area (Å²) in [5, 5.41) is 18.7. The Morgan fingerprint density at radius 3 is 2.59 bits per heavy atom. The number of hydrogen-bond donors (Lipinski definition) is 2. The van der Waals surface area contributed by atoms with Gasteiger partial charge >= 0.3 is 0 Å². The molecule has 0 saturated carbocycles. The standard InChI is InChI=1S/C16H19N3O3/c20-10-15(21)11-3-7-19(8-4-11)16(22)12-1-2-13-14(9-12)18-6-5-17-13/h1-2,5-6,9,11,15,20-21H,3-4,7-8,10H2. The fraction of sp³-hybridized carbons (Fsp3) is 0.438. The molecule has 1 aromatic heterocycles. The van der Waals surface area contributed by atoms with E-state index >= 15 is 0 Å². The Morgan fingerprint density at radius 2 is 1.91 bits per heavy atom. The minimum absolute atomic E-state index is 0.0236. The molecule has 22 heavy (non-hydrogen) atoms. The molecule has 0 aliphatic carbocycles. The van der Waals surface area contributed by atoms with Gasteiger partial charge in [-0.05, 0) is 37.0 Å². The molecule has 0 radical (unpaired) electrons.